The van der Waals surface area contributed by atoms with Crippen molar-refractivity contribution in [3.8, 4) is 11.8 Å². The van der Waals surface area contributed by atoms with E-state index in [4.69, 9.17) is 9.47 Å². The number of rotatable bonds is 7. The summed E-state index contributed by atoms with van der Waals surface area (Å²) in [6.07, 6.45) is 0.549. The number of ketones is 1. The van der Waals surface area contributed by atoms with Crippen molar-refractivity contribution in [1.82, 2.24) is 9.97 Å². The smallest absolute Gasteiger partial charge is 0.232 e. The van der Waals surface area contributed by atoms with Crippen LogP contribution in [0.5, 0.6) is 11.8 Å². The van der Waals surface area contributed by atoms with Gasteiger partial charge in [0.15, 0.2) is 0 Å². The zero-order valence-corrected chi connectivity index (χ0v) is 13.8. The number of carbonyl (C=O) groups excluding carboxylic acids is 2. The Bertz CT molecular complexity index is 707. The lowest BCUT2D eigenvalue weighted by Crippen LogP contribution is -2.18. The van der Waals surface area contributed by atoms with E-state index in [-0.39, 0.29) is 24.0 Å². The molecular formula is C17H19N3O4. The third kappa shape index (κ3) is 4.52. The van der Waals surface area contributed by atoms with E-state index in [1.807, 2.05) is 12.1 Å². The van der Waals surface area contributed by atoms with Crippen LogP contribution in [-0.2, 0) is 11.2 Å². The fourth-order valence-corrected chi connectivity index (χ4v) is 1.99. The Morgan fingerprint density at radius 3 is 2.12 bits per heavy atom. The van der Waals surface area contributed by atoms with Gasteiger partial charge >= 0.3 is 0 Å². The quantitative estimate of drug-likeness (QED) is 0.619. The second-order valence-electron chi connectivity index (χ2n) is 4.97. The molecule has 2 aromatic rings. The van der Waals surface area contributed by atoms with Crippen molar-refractivity contribution in [3.63, 3.8) is 0 Å². The minimum absolute atomic E-state index is 0.123. The van der Waals surface area contributed by atoms with Gasteiger partial charge in [-0.25, -0.2) is 0 Å². The maximum Gasteiger partial charge on any atom is 0.232 e. The molecule has 0 saturated carbocycles. The molecule has 2 rings (SSSR count). The molecule has 0 aliphatic carbocycles. The standard InChI is InChI=1S/C17H19N3O4/c1-4-11-5-7-12(8-6-11)18-14(22)9-13(21)17-19-15(23-2)10-16(20-17)24-3/h5-8,10H,4,9H2,1-3H3,(H,18,22). The number of aromatic nitrogens is 2. The number of aryl methyl sites for hydroxylation is 1. The molecule has 0 spiro atoms. The lowest BCUT2D eigenvalue weighted by molar-refractivity contribution is -0.115. The maximum absolute atomic E-state index is 12.2. The van der Waals surface area contributed by atoms with Gasteiger partial charge in [0.1, 0.15) is 0 Å². The molecular weight excluding hydrogens is 310 g/mol. The Kier molecular flexibility index (Phi) is 5.83. The van der Waals surface area contributed by atoms with Gasteiger partial charge in [0.25, 0.3) is 0 Å². The van der Waals surface area contributed by atoms with Gasteiger partial charge in [0.2, 0.25) is 29.3 Å². The highest BCUT2D eigenvalue weighted by Gasteiger charge is 2.17. The summed E-state index contributed by atoms with van der Waals surface area (Å²) < 4.78 is 9.97. The number of Topliss-reactive ketones (excluding diaryl/α,β-unsaturated/α-hetero) is 1. The predicted molar refractivity (Wildman–Crippen MR) is 88.5 cm³/mol. The van der Waals surface area contributed by atoms with Crippen molar-refractivity contribution >= 4 is 17.4 Å². The summed E-state index contributed by atoms with van der Waals surface area (Å²) in [5, 5.41) is 2.67. The van der Waals surface area contributed by atoms with Gasteiger partial charge in [0.05, 0.1) is 26.7 Å². The minimum atomic E-state index is -0.519. The predicted octanol–water partition coefficient (Wildman–Crippen LogP) is 2.27. The molecule has 24 heavy (non-hydrogen) atoms. The van der Waals surface area contributed by atoms with E-state index in [1.165, 1.54) is 25.8 Å². The first-order chi connectivity index (χ1) is 11.5. The van der Waals surface area contributed by atoms with E-state index in [2.05, 4.69) is 22.2 Å². The van der Waals surface area contributed by atoms with Crippen molar-refractivity contribution in [3.05, 3.63) is 41.7 Å². The molecule has 1 amide bonds. The van der Waals surface area contributed by atoms with Gasteiger partial charge in [-0.3, -0.25) is 9.59 Å². The topological polar surface area (TPSA) is 90.4 Å². The molecule has 0 saturated heterocycles. The van der Waals surface area contributed by atoms with Gasteiger partial charge in [0, 0.05) is 5.69 Å². The molecule has 0 aliphatic heterocycles. The molecule has 0 fully saturated rings. The molecule has 7 heteroatoms. The second-order valence-corrected chi connectivity index (χ2v) is 4.97. The van der Waals surface area contributed by atoms with Crippen LogP contribution in [-0.4, -0.2) is 35.9 Å². The van der Waals surface area contributed by atoms with Gasteiger partial charge in [-0.05, 0) is 24.1 Å². The molecule has 0 atom stereocenters. The Hall–Kier alpha value is -2.96. The number of benzene rings is 1. The SMILES string of the molecule is CCc1ccc(NC(=O)CC(=O)c2nc(OC)cc(OC)n2)cc1. The number of anilines is 1. The van der Waals surface area contributed by atoms with Crippen molar-refractivity contribution in [2.24, 2.45) is 0 Å². The summed E-state index contributed by atoms with van der Waals surface area (Å²) in [7, 11) is 2.84. The molecule has 1 N–H and O–H groups in total. The fourth-order valence-electron chi connectivity index (χ4n) is 1.99. The largest absolute Gasteiger partial charge is 0.481 e. The first kappa shape index (κ1) is 17.4. The Balaban J connectivity index is 2.04. The summed E-state index contributed by atoms with van der Waals surface area (Å²) in [5.41, 5.74) is 1.80. The number of methoxy groups -OCH3 is 2. The van der Waals surface area contributed by atoms with Crippen LogP contribution < -0.4 is 14.8 Å². The van der Waals surface area contributed by atoms with Gasteiger partial charge in [-0.15, -0.1) is 0 Å². The average molecular weight is 329 g/mol. The van der Waals surface area contributed by atoms with E-state index in [0.717, 1.165) is 6.42 Å². The van der Waals surface area contributed by atoms with Crippen molar-refractivity contribution in [2.75, 3.05) is 19.5 Å². The van der Waals surface area contributed by atoms with Gasteiger partial charge in [-0.2, -0.15) is 9.97 Å². The van der Waals surface area contributed by atoms with Crippen LogP contribution in [0.1, 0.15) is 29.5 Å². The summed E-state index contributed by atoms with van der Waals surface area (Å²) in [4.78, 5) is 32.1. The number of amides is 1. The normalized spacial score (nSPS) is 10.1. The van der Waals surface area contributed by atoms with Crippen LogP contribution in [0, 0.1) is 0 Å². The highest BCUT2D eigenvalue weighted by atomic mass is 16.5. The molecule has 0 radical (unpaired) electrons. The maximum atomic E-state index is 12.2. The highest BCUT2D eigenvalue weighted by Crippen LogP contribution is 2.16. The third-order valence-corrected chi connectivity index (χ3v) is 3.31. The monoisotopic (exact) mass is 329 g/mol. The average Bonchev–Trinajstić information content (AvgIpc) is 2.61. The molecule has 0 unspecified atom stereocenters. The molecule has 1 aromatic heterocycles. The molecule has 0 aliphatic rings. The van der Waals surface area contributed by atoms with E-state index >= 15 is 0 Å². The molecule has 7 nitrogen and oxygen atoms in total. The summed E-state index contributed by atoms with van der Waals surface area (Å²) in [6, 6.07) is 8.89. The Morgan fingerprint density at radius 2 is 1.62 bits per heavy atom. The lowest BCUT2D eigenvalue weighted by Gasteiger charge is -2.07. The third-order valence-electron chi connectivity index (χ3n) is 3.31. The van der Waals surface area contributed by atoms with Crippen LogP contribution in [0.3, 0.4) is 0 Å². The van der Waals surface area contributed by atoms with E-state index < -0.39 is 11.7 Å². The lowest BCUT2D eigenvalue weighted by atomic mass is 10.1. The first-order valence-electron chi connectivity index (χ1n) is 7.44. The first-order valence-corrected chi connectivity index (χ1v) is 7.44. The molecule has 126 valence electrons. The zero-order valence-electron chi connectivity index (χ0n) is 13.8. The Morgan fingerprint density at radius 1 is 1.04 bits per heavy atom. The molecule has 0 bridgehead atoms. The van der Waals surface area contributed by atoms with Crippen molar-refractivity contribution in [1.29, 1.82) is 0 Å². The van der Waals surface area contributed by atoms with Crippen LogP contribution in [0.15, 0.2) is 30.3 Å². The van der Waals surface area contributed by atoms with Crippen molar-refractivity contribution < 1.29 is 19.1 Å². The van der Waals surface area contributed by atoms with Crippen LogP contribution in [0.25, 0.3) is 0 Å². The fraction of sp³-hybridized carbons (Fsp3) is 0.294. The summed E-state index contributed by atoms with van der Waals surface area (Å²) >= 11 is 0. The zero-order chi connectivity index (χ0) is 17.5. The number of ether oxygens (including phenoxy) is 2. The Labute approximate surface area is 140 Å². The highest BCUT2D eigenvalue weighted by molar-refractivity contribution is 6.09. The van der Waals surface area contributed by atoms with E-state index in [1.54, 1.807) is 12.1 Å². The number of nitrogens with zero attached hydrogens (tertiary/aromatic N) is 2. The summed E-state index contributed by atoms with van der Waals surface area (Å²) in [6.45, 7) is 2.05. The molecule has 1 aromatic carbocycles. The second kappa shape index (κ2) is 8.05. The molecule has 1 heterocycles. The van der Waals surface area contributed by atoms with Crippen LogP contribution in [0.2, 0.25) is 0 Å². The number of hydrogen-bond donors (Lipinski definition) is 1. The minimum Gasteiger partial charge on any atom is -0.481 e. The van der Waals surface area contributed by atoms with E-state index in [9.17, 15) is 9.59 Å². The van der Waals surface area contributed by atoms with E-state index in [0.29, 0.717) is 5.69 Å². The van der Waals surface area contributed by atoms with Crippen LogP contribution in [0.4, 0.5) is 5.69 Å². The number of nitrogens with one attached hydrogen (secondary N) is 1. The van der Waals surface area contributed by atoms with Crippen molar-refractivity contribution in [2.45, 2.75) is 19.8 Å². The van der Waals surface area contributed by atoms with Crippen LogP contribution >= 0.6 is 0 Å². The number of hydrogen-bond acceptors (Lipinski definition) is 6. The van der Waals surface area contributed by atoms with Gasteiger partial charge < -0.3 is 14.8 Å². The van der Waals surface area contributed by atoms with Gasteiger partial charge in [-0.1, -0.05) is 19.1 Å². The summed E-state index contributed by atoms with van der Waals surface area (Å²) in [5.74, 6) is -0.686. The number of carbonyl (C=O) groups is 2.